The summed E-state index contributed by atoms with van der Waals surface area (Å²) in [6.07, 6.45) is 0. The van der Waals surface area contributed by atoms with Crippen LogP contribution in [-0.4, -0.2) is 24.8 Å². The van der Waals surface area contributed by atoms with Crippen molar-refractivity contribution in [2.45, 2.75) is 25.6 Å². The summed E-state index contributed by atoms with van der Waals surface area (Å²) >= 11 is 0. The maximum absolute atomic E-state index is 12.6. The van der Waals surface area contributed by atoms with Gasteiger partial charge in [0.25, 0.3) is 5.79 Å². The zero-order chi connectivity index (χ0) is 18.0. The summed E-state index contributed by atoms with van der Waals surface area (Å²) in [5.74, 6) is -3.25. The van der Waals surface area contributed by atoms with Gasteiger partial charge in [-0.15, -0.1) is 0 Å². The minimum atomic E-state index is -1.24. The molecule has 1 saturated heterocycles. The molecule has 2 aromatic carbocycles. The van der Waals surface area contributed by atoms with E-state index in [9.17, 15) is 9.59 Å². The van der Waals surface area contributed by atoms with Gasteiger partial charge in [-0.05, 0) is 23.3 Å². The highest BCUT2D eigenvalue weighted by Gasteiger charge is 2.48. The van der Waals surface area contributed by atoms with Gasteiger partial charge >= 0.3 is 11.9 Å². The molecule has 1 atom stereocenters. The Bertz CT molecular complexity index is 744. The third-order valence-corrected chi connectivity index (χ3v) is 4.17. The normalized spacial score (nSPS) is 18.2. The second kappa shape index (κ2) is 6.59. The molecule has 0 amide bonds. The molecule has 130 valence electrons. The number of hydrogen-bond donors (Lipinski definition) is 0. The van der Waals surface area contributed by atoms with Crippen molar-refractivity contribution in [3.63, 3.8) is 0 Å². The number of cyclic esters (lactones) is 2. The summed E-state index contributed by atoms with van der Waals surface area (Å²) in [6.45, 7) is 3.09. The number of ether oxygens (including phenoxy) is 3. The number of esters is 2. The molecule has 1 aliphatic heterocycles. The third-order valence-electron chi connectivity index (χ3n) is 4.17. The van der Waals surface area contributed by atoms with Crippen molar-refractivity contribution in [2.75, 3.05) is 7.11 Å². The molecule has 25 heavy (non-hydrogen) atoms. The fourth-order valence-corrected chi connectivity index (χ4v) is 3.05. The Balaban J connectivity index is 2.05. The molecular weight excluding hydrogens is 320 g/mol. The van der Waals surface area contributed by atoms with Crippen LogP contribution in [0, 0.1) is 5.92 Å². The number of rotatable bonds is 4. The van der Waals surface area contributed by atoms with Crippen LogP contribution >= 0.6 is 0 Å². The maximum atomic E-state index is 12.6. The van der Waals surface area contributed by atoms with Crippen LogP contribution in [0.25, 0.3) is 0 Å². The largest absolute Gasteiger partial charge is 0.497 e. The average Bonchev–Trinajstić information content (AvgIpc) is 2.58. The first-order chi connectivity index (χ1) is 11.9. The summed E-state index contributed by atoms with van der Waals surface area (Å²) in [5.41, 5.74) is 1.65. The van der Waals surface area contributed by atoms with Crippen LogP contribution in [0.2, 0.25) is 0 Å². The minimum absolute atomic E-state index is 0.497. The van der Waals surface area contributed by atoms with E-state index in [4.69, 9.17) is 14.2 Å². The first-order valence-corrected chi connectivity index (χ1v) is 8.06. The van der Waals surface area contributed by atoms with E-state index >= 15 is 0 Å². The van der Waals surface area contributed by atoms with E-state index in [0.717, 1.165) is 11.1 Å². The molecule has 3 rings (SSSR count). The highest BCUT2D eigenvalue weighted by atomic mass is 16.7. The van der Waals surface area contributed by atoms with Crippen molar-refractivity contribution in [3.05, 3.63) is 65.7 Å². The number of methoxy groups -OCH3 is 1. The quantitative estimate of drug-likeness (QED) is 0.631. The molecule has 5 heteroatoms. The van der Waals surface area contributed by atoms with Crippen LogP contribution in [0.15, 0.2) is 54.6 Å². The number of benzene rings is 2. The van der Waals surface area contributed by atoms with Crippen LogP contribution in [0.4, 0.5) is 0 Å². The van der Waals surface area contributed by atoms with Crippen molar-refractivity contribution in [1.29, 1.82) is 0 Å². The van der Waals surface area contributed by atoms with Gasteiger partial charge in [0.2, 0.25) is 0 Å². The van der Waals surface area contributed by atoms with Crippen LogP contribution in [-0.2, 0) is 19.1 Å². The van der Waals surface area contributed by atoms with Gasteiger partial charge in [0.05, 0.1) is 7.11 Å². The van der Waals surface area contributed by atoms with Crippen molar-refractivity contribution < 1.29 is 23.8 Å². The molecule has 1 heterocycles. The third kappa shape index (κ3) is 3.50. The molecule has 0 aromatic heterocycles. The lowest BCUT2D eigenvalue weighted by Crippen LogP contribution is -2.48. The molecular formula is C20H20O5. The molecule has 0 bridgehead atoms. The Morgan fingerprint density at radius 1 is 0.880 bits per heavy atom. The Morgan fingerprint density at radius 2 is 1.40 bits per heavy atom. The number of hydrogen-bond acceptors (Lipinski definition) is 5. The Kier molecular flexibility index (Phi) is 4.49. The highest BCUT2D eigenvalue weighted by Crippen LogP contribution is 2.38. The van der Waals surface area contributed by atoms with E-state index in [-0.39, 0.29) is 0 Å². The number of carbonyl (C=O) groups excluding carboxylic acids is 2. The first-order valence-electron chi connectivity index (χ1n) is 8.06. The van der Waals surface area contributed by atoms with Gasteiger partial charge in [-0.3, -0.25) is 9.59 Å². The molecule has 2 aromatic rings. The van der Waals surface area contributed by atoms with Gasteiger partial charge in [-0.2, -0.15) is 0 Å². The Hall–Kier alpha value is -2.82. The van der Waals surface area contributed by atoms with Gasteiger partial charge in [0, 0.05) is 19.8 Å². The van der Waals surface area contributed by atoms with Crippen LogP contribution in [0.5, 0.6) is 5.75 Å². The SMILES string of the molecule is COc1ccc(C(c2ccccc2)C2C(=O)OC(C)(C)OC2=O)cc1. The van der Waals surface area contributed by atoms with E-state index in [1.54, 1.807) is 33.1 Å². The summed E-state index contributed by atoms with van der Waals surface area (Å²) in [4.78, 5) is 25.2. The van der Waals surface area contributed by atoms with Gasteiger partial charge in [-0.25, -0.2) is 0 Å². The molecule has 0 radical (unpaired) electrons. The van der Waals surface area contributed by atoms with Gasteiger partial charge in [-0.1, -0.05) is 42.5 Å². The van der Waals surface area contributed by atoms with Crippen LogP contribution in [0.3, 0.4) is 0 Å². The van der Waals surface area contributed by atoms with Crippen molar-refractivity contribution in [3.8, 4) is 5.75 Å². The fraction of sp³-hybridized carbons (Fsp3) is 0.300. The van der Waals surface area contributed by atoms with E-state index in [1.165, 1.54) is 0 Å². The smallest absolute Gasteiger partial charge is 0.324 e. The average molecular weight is 340 g/mol. The Labute approximate surface area is 146 Å². The second-order valence-corrected chi connectivity index (χ2v) is 6.38. The van der Waals surface area contributed by atoms with Crippen molar-refractivity contribution >= 4 is 11.9 Å². The molecule has 0 aliphatic carbocycles. The van der Waals surface area contributed by atoms with Crippen LogP contribution in [0.1, 0.15) is 30.9 Å². The highest BCUT2D eigenvalue weighted by molar-refractivity contribution is 5.98. The van der Waals surface area contributed by atoms with E-state index in [2.05, 4.69) is 0 Å². The van der Waals surface area contributed by atoms with E-state index in [0.29, 0.717) is 5.75 Å². The summed E-state index contributed by atoms with van der Waals surface area (Å²) in [6, 6.07) is 16.7. The minimum Gasteiger partial charge on any atom is -0.497 e. The van der Waals surface area contributed by atoms with Gasteiger partial charge in [0.15, 0.2) is 5.92 Å². The zero-order valence-electron chi connectivity index (χ0n) is 14.4. The first kappa shape index (κ1) is 17.0. The zero-order valence-corrected chi connectivity index (χ0v) is 14.4. The van der Waals surface area contributed by atoms with E-state index in [1.807, 2.05) is 42.5 Å². The topological polar surface area (TPSA) is 61.8 Å². The lowest BCUT2D eigenvalue weighted by atomic mass is 9.80. The molecule has 5 nitrogen and oxygen atoms in total. The summed E-state index contributed by atoms with van der Waals surface area (Å²) in [7, 11) is 1.58. The Morgan fingerprint density at radius 3 is 1.92 bits per heavy atom. The molecule has 0 N–H and O–H groups in total. The van der Waals surface area contributed by atoms with Crippen LogP contribution < -0.4 is 4.74 Å². The van der Waals surface area contributed by atoms with Crippen molar-refractivity contribution in [1.82, 2.24) is 0 Å². The van der Waals surface area contributed by atoms with Gasteiger partial charge in [0.1, 0.15) is 5.75 Å². The van der Waals surface area contributed by atoms with Crippen molar-refractivity contribution in [2.24, 2.45) is 5.92 Å². The number of carbonyl (C=O) groups is 2. The molecule has 0 saturated carbocycles. The molecule has 1 unspecified atom stereocenters. The predicted molar refractivity (Wildman–Crippen MR) is 91.0 cm³/mol. The predicted octanol–water partition coefficient (Wildman–Crippen LogP) is 3.28. The maximum Gasteiger partial charge on any atom is 0.324 e. The lowest BCUT2D eigenvalue weighted by Gasteiger charge is -2.36. The fourth-order valence-electron chi connectivity index (χ4n) is 3.05. The lowest BCUT2D eigenvalue weighted by molar-refractivity contribution is -0.240. The van der Waals surface area contributed by atoms with E-state index < -0.39 is 29.6 Å². The standard InChI is InChI=1S/C20H20O5/c1-20(2)24-18(21)17(19(22)25-20)16(13-7-5-4-6-8-13)14-9-11-15(23-3)12-10-14/h4-12,16-17H,1-3H3. The molecule has 0 spiro atoms. The molecule has 1 aliphatic rings. The second-order valence-electron chi connectivity index (χ2n) is 6.38. The molecule has 1 fully saturated rings. The summed E-state index contributed by atoms with van der Waals surface area (Å²) < 4.78 is 15.8. The van der Waals surface area contributed by atoms with Gasteiger partial charge < -0.3 is 14.2 Å². The monoisotopic (exact) mass is 340 g/mol. The summed E-state index contributed by atoms with van der Waals surface area (Å²) in [5, 5.41) is 0.